The molecule has 0 radical (unpaired) electrons. The minimum absolute atomic E-state index is 0.240. The van der Waals surface area contributed by atoms with E-state index in [-0.39, 0.29) is 16.7 Å². The first kappa shape index (κ1) is 27.6. The van der Waals surface area contributed by atoms with Crippen LogP contribution in [0.1, 0.15) is 51.9 Å². The van der Waals surface area contributed by atoms with Crippen LogP contribution in [0.5, 0.6) is 11.5 Å². The van der Waals surface area contributed by atoms with Crippen LogP contribution in [0.3, 0.4) is 0 Å². The van der Waals surface area contributed by atoms with Gasteiger partial charge in [0.15, 0.2) is 6.10 Å². The molecule has 2 aliphatic heterocycles. The lowest BCUT2D eigenvalue weighted by atomic mass is 9.99. The summed E-state index contributed by atoms with van der Waals surface area (Å²) in [5.74, 6) is 0.559. The molecule has 5 atom stereocenters. The molecule has 1 N–H and O–H groups in total. The number of benzene rings is 2. The molecule has 9 heteroatoms. The predicted molar refractivity (Wildman–Crippen MR) is 140 cm³/mol. The molecule has 0 aromatic heterocycles. The van der Waals surface area contributed by atoms with Crippen molar-refractivity contribution in [3.05, 3.63) is 60.2 Å². The van der Waals surface area contributed by atoms with Gasteiger partial charge in [-0.05, 0) is 36.4 Å². The van der Waals surface area contributed by atoms with Crippen molar-refractivity contribution >= 4 is 14.5 Å². The van der Waals surface area contributed by atoms with Gasteiger partial charge in [0.2, 0.25) is 6.29 Å². The van der Waals surface area contributed by atoms with Crippen LogP contribution in [0.4, 0.5) is 0 Å². The van der Waals surface area contributed by atoms with Crippen LogP contribution in [-0.4, -0.2) is 64.1 Å². The molecule has 8 nitrogen and oxygen atoms in total. The summed E-state index contributed by atoms with van der Waals surface area (Å²) in [5, 5.41) is 11.1. The van der Waals surface area contributed by atoms with Crippen molar-refractivity contribution in [2.24, 2.45) is 0 Å². The maximum Gasteiger partial charge on any atom is 0.349 e. The third-order valence-corrected chi connectivity index (χ3v) is 12.0. The van der Waals surface area contributed by atoms with Gasteiger partial charge in [-0.3, -0.25) is 0 Å². The van der Waals surface area contributed by atoms with Crippen molar-refractivity contribution in [3.8, 4) is 11.5 Å². The zero-order valence-corrected chi connectivity index (χ0v) is 23.6. The van der Waals surface area contributed by atoms with Crippen molar-refractivity contribution in [3.63, 3.8) is 0 Å². The van der Waals surface area contributed by atoms with E-state index >= 15 is 0 Å². The van der Waals surface area contributed by atoms with Gasteiger partial charge in [-0.1, -0.05) is 59.7 Å². The molecule has 0 saturated carbocycles. The zero-order valence-electron chi connectivity index (χ0n) is 22.6. The Balaban J connectivity index is 1.65. The van der Waals surface area contributed by atoms with Crippen LogP contribution in [0.15, 0.2) is 54.6 Å². The Labute approximate surface area is 220 Å². The van der Waals surface area contributed by atoms with E-state index in [2.05, 4.69) is 41.5 Å². The largest absolute Gasteiger partial charge is 0.497 e. The molecule has 2 saturated heterocycles. The van der Waals surface area contributed by atoms with Gasteiger partial charge >= 0.3 is 14.5 Å². The number of hydrogen-bond donors (Lipinski definition) is 1. The van der Waals surface area contributed by atoms with E-state index in [1.165, 1.54) is 0 Å². The van der Waals surface area contributed by atoms with Gasteiger partial charge in [-0.2, -0.15) is 0 Å². The second kappa shape index (κ2) is 10.4. The number of hydrogen-bond acceptors (Lipinski definition) is 8. The Morgan fingerprint density at radius 2 is 1.54 bits per heavy atom. The Morgan fingerprint density at radius 3 is 2.11 bits per heavy atom. The van der Waals surface area contributed by atoms with Crippen LogP contribution < -0.4 is 9.47 Å². The topological polar surface area (TPSA) is 92.7 Å². The van der Waals surface area contributed by atoms with E-state index in [4.69, 9.17) is 27.8 Å². The van der Waals surface area contributed by atoms with Crippen molar-refractivity contribution in [2.75, 3.05) is 13.7 Å². The van der Waals surface area contributed by atoms with Gasteiger partial charge in [0.25, 0.3) is 0 Å². The molecule has 0 unspecified atom stereocenters. The molecular formula is C28H38O8Si. The van der Waals surface area contributed by atoms with E-state index in [0.29, 0.717) is 17.1 Å². The molecule has 2 aromatic carbocycles. The summed E-state index contributed by atoms with van der Waals surface area (Å²) in [6, 6.07) is 15.6. The normalized spacial score (nSPS) is 27.6. The third-order valence-electron chi connectivity index (χ3n) is 6.91. The first-order valence-corrected chi connectivity index (χ1v) is 14.4. The molecule has 2 aromatic rings. The number of ether oxygens (including phenoxy) is 4. The highest BCUT2D eigenvalue weighted by molar-refractivity contribution is 6.73. The second-order valence-corrected chi connectivity index (χ2v) is 16.3. The van der Waals surface area contributed by atoms with Gasteiger partial charge in [0.05, 0.1) is 19.3 Å². The van der Waals surface area contributed by atoms with E-state index in [1.54, 1.807) is 55.6 Å². The van der Waals surface area contributed by atoms with Crippen LogP contribution in [0.2, 0.25) is 10.1 Å². The summed E-state index contributed by atoms with van der Waals surface area (Å²) in [5.41, 5.74) is 0.362. The van der Waals surface area contributed by atoms with Crippen molar-refractivity contribution < 1.29 is 37.7 Å². The molecule has 0 amide bonds. The fourth-order valence-electron chi connectivity index (χ4n) is 5.29. The minimum atomic E-state index is -2.91. The fraction of sp³-hybridized carbons (Fsp3) is 0.536. The molecular weight excluding hydrogens is 492 g/mol. The molecule has 4 rings (SSSR count). The van der Waals surface area contributed by atoms with Crippen molar-refractivity contribution in [2.45, 2.75) is 82.3 Å². The Hall–Kier alpha value is -2.43. The van der Waals surface area contributed by atoms with Crippen LogP contribution in [-0.2, 0) is 18.3 Å². The van der Waals surface area contributed by atoms with Gasteiger partial charge in [-0.25, -0.2) is 4.79 Å². The smallest absolute Gasteiger partial charge is 0.349 e. The first-order valence-electron chi connectivity index (χ1n) is 12.6. The Bertz CT molecular complexity index is 1050. The van der Waals surface area contributed by atoms with Crippen LogP contribution in [0.25, 0.3) is 0 Å². The molecule has 2 fully saturated rings. The summed E-state index contributed by atoms with van der Waals surface area (Å²) in [7, 11) is -1.33. The molecule has 37 heavy (non-hydrogen) atoms. The summed E-state index contributed by atoms with van der Waals surface area (Å²) in [4.78, 5) is 13.0. The number of esters is 1. The number of rotatable bonds is 5. The maximum atomic E-state index is 13.0. The molecule has 2 heterocycles. The fourth-order valence-corrected chi connectivity index (χ4v) is 10.3. The van der Waals surface area contributed by atoms with Crippen LogP contribution >= 0.6 is 0 Å². The molecule has 202 valence electrons. The van der Waals surface area contributed by atoms with Gasteiger partial charge in [-0.15, -0.1) is 0 Å². The van der Waals surface area contributed by atoms with E-state index in [9.17, 15) is 9.90 Å². The average molecular weight is 531 g/mol. The zero-order chi connectivity index (χ0) is 27.0. The summed E-state index contributed by atoms with van der Waals surface area (Å²) >= 11 is 0. The van der Waals surface area contributed by atoms with E-state index in [0.717, 1.165) is 0 Å². The van der Waals surface area contributed by atoms with Crippen LogP contribution in [0, 0.1) is 0 Å². The molecule has 2 aliphatic rings. The minimum Gasteiger partial charge on any atom is -0.497 e. The second-order valence-electron chi connectivity index (χ2n) is 11.6. The Morgan fingerprint density at radius 1 is 0.946 bits per heavy atom. The number of carbonyl (C=O) groups is 1. The number of methoxy groups -OCH3 is 1. The SMILES string of the molecule is COc1ccc(O[C@@H]2O[C@@H]3CO[Si](C(C)(C)C)(C(C)(C)C)O[C@@H]3[C@H](O)[C@H]2OC(=O)c2ccccc2)cc1. The van der Waals surface area contributed by atoms with E-state index in [1.807, 2.05) is 6.07 Å². The number of fused-ring (bicyclic) bond motifs is 1. The number of aliphatic hydroxyl groups excluding tert-OH is 1. The molecule has 0 spiro atoms. The lowest BCUT2D eigenvalue weighted by Gasteiger charge is -2.57. The molecule has 0 aliphatic carbocycles. The lowest BCUT2D eigenvalue weighted by Crippen LogP contribution is -2.72. The lowest BCUT2D eigenvalue weighted by molar-refractivity contribution is -0.286. The highest BCUT2D eigenvalue weighted by atomic mass is 28.4. The standard InChI is InChI=1S/C28H38O8Si/c1-27(2,3)37(28(4,5)6)32-17-21-23(36-37)22(29)24(35-25(30)18-11-9-8-10-12-18)26(34-21)33-20-15-13-19(31-7)14-16-20/h8-16,21-24,26,29H,17H2,1-7H3/t21-,22+,23+,24-,26-/m1/s1. The van der Waals surface area contributed by atoms with E-state index < -0.39 is 45.2 Å². The highest BCUT2D eigenvalue weighted by Gasteiger charge is 2.65. The van der Waals surface area contributed by atoms with Crippen molar-refractivity contribution in [1.82, 2.24) is 0 Å². The Kier molecular flexibility index (Phi) is 7.74. The highest BCUT2D eigenvalue weighted by Crippen LogP contribution is 2.55. The monoisotopic (exact) mass is 530 g/mol. The average Bonchev–Trinajstić information content (AvgIpc) is 2.85. The molecule has 0 bridgehead atoms. The van der Waals surface area contributed by atoms with Gasteiger partial charge in [0, 0.05) is 10.1 Å². The quantitative estimate of drug-likeness (QED) is 0.434. The van der Waals surface area contributed by atoms with Gasteiger partial charge < -0.3 is 32.9 Å². The summed E-state index contributed by atoms with van der Waals surface area (Å²) in [6.07, 6.45) is -4.77. The predicted octanol–water partition coefficient (Wildman–Crippen LogP) is 4.84. The summed E-state index contributed by atoms with van der Waals surface area (Å²) in [6.45, 7) is 12.8. The summed E-state index contributed by atoms with van der Waals surface area (Å²) < 4.78 is 36.7. The first-order chi connectivity index (χ1) is 17.4. The number of aliphatic hydroxyl groups is 1. The third kappa shape index (κ3) is 5.42. The van der Waals surface area contributed by atoms with Gasteiger partial charge in [0.1, 0.15) is 29.8 Å². The maximum absolute atomic E-state index is 13.0. The van der Waals surface area contributed by atoms with Crippen molar-refractivity contribution in [1.29, 1.82) is 0 Å². The number of carbonyl (C=O) groups excluding carboxylic acids is 1.